The zero-order valence-electron chi connectivity index (χ0n) is 24.7. The average molecular weight is 629 g/mol. The highest BCUT2D eigenvalue weighted by molar-refractivity contribution is 5.93. The molecule has 0 bridgehead atoms. The number of aromatic amines is 1. The summed E-state index contributed by atoms with van der Waals surface area (Å²) in [5.41, 5.74) is 0.371. The first kappa shape index (κ1) is 33.0. The summed E-state index contributed by atoms with van der Waals surface area (Å²) >= 11 is 0. The Morgan fingerprint density at radius 1 is 1.27 bits per heavy atom. The second kappa shape index (κ2) is 13.0. The van der Waals surface area contributed by atoms with Gasteiger partial charge in [0.2, 0.25) is 5.95 Å². The molecule has 1 fully saturated rings. The van der Waals surface area contributed by atoms with Gasteiger partial charge in [-0.05, 0) is 42.8 Å². The van der Waals surface area contributed by atoms with Gasteiger partial charge in [-0.3, -0.25) is 4.90 Å². The molecule has 0 radical (unpaired) electrons. The van der Waals surface area contributed by atoms with Crippen LogP contribution in [0.5, 0.6) is 0 Å². The van der Waals surface area contributed by atoms with E-state index < -0.39 is 35.9 Å². The van der Waals surface area contributed by atoms with Gasteiger partial charge in [-0.15, -0.1) is 5.10 Å². The number of methoxy groups -OCH3 is 1. The SMILES string of the molecule is COC(=O)C1=C(C)N(c2cccc(C(F)(F)F)c2)c2n[nH]c(=O)n2C1c1ccc(C#N)cc1C[N+]1(C)CCC(O)CC1.O=C[O-]. The number of hydrogen-bond donors (Lipinski definition) is 2. The number of aliphatic hydroxyl groups excluding tert-OH is 1. The number of aliphatic hydroxyl groups is 1. The third kappa shape index (κ3) is 6.61. The maximum absolute atomic E-state index is 13.6. The molecule has 2 aliphatic heterocycles. The van der Waals surface area contributed by atoms with Gasteiger partial charge in [0.05, 0.1) is 56.1 Å². The molecule has 0 aliphatic carbocycles. The Morgan fingerprint density at radius 3 is 2.53 bits per heavy atom. The Bertz CT molecular complexity index is 1720. The van der Waals surface area contributed by atoms with Gasteiger partial charge in [0.1, 0.15) is 12.6 Å². The van der Waals surface area contributed by atoms with Gasteiger partial charge in [-0.2, -0.15) is 18.4 Å². The van der Waals surface area contributed by atoms with Crippen LogP contribution in [0.3, 0.4) is 0 Å². The largest absolute Gasteiger partial charge is 0.554 e. The Labute approximate surface area is 255 Å². The van der Waals surface area contributed by atoms with Crippen molar-refractivity contribution in [2.75, 3.05) is 32.1 Å². The molecule has 1 aromatic heterocycles. The molecule has 1 atom stereocenters. The number of hydrogen-bond acceptors (Lipinski definition) is 9. The lowest BCUT2D eigenvalue weighted by Gasteiger charge is -2.41. The molecule has 3 aromatic rings. The van der Waals surface area contributed by atoms with Crippen LogP contribution in [-0.4, -0.2) is 70.1 Å². The first-order valence-electron chi connectivity index (χ1n) is 13.8. The summed E-state index contributed by atoms with van der Waals surface area (Å²) in [4.78, 5) is 36.3. The van der Waals surface area contributed by atoms with E-state index in [9.17, 15) is 33.1 Å². The number of rotatable bonds is 5. The number of esters is 1. The van der Waals surface area contributed by atoms with E-state index in [2.05, 4.69) is 16.3 Å². The first-order valence-corrected chi connectivity index (χ1v) is 13.8. The molecule has 2 aromatic carbocycles. The number of aromatic nitrogens is 3. The van der Waals surface area contributed by atoms with Gasteiger partial charge in [-0.25, -0.2) is 19.3 Å². The van der Waals surface area contributed by atoms with E-state index in [1.807, 2.05) is 7.05 Å². The molecule has 2 aliphatic rings. The van der Waals surface area contributed by atoms with Crippen LogP contribution >= 0.6 is 0 Å². The summed E-state index contributed by atoms with van der Waals surface area (Å²) in [5.74, 6) is -0.781. The maximum atomic E-state index is 13.6. The Kier molecular flexibility index (Phi) is 9.50. The number of benzene rings is 2. The average Bonchev–Trinajstić information content (AvgIpc) is 3.38. The molecule has 12 nitrogen and oxygen atoms in total. The minimum Gasteiger partial charge on any atom is -0.554 e. The van der Waals surface area contributed by atoms with E-state index in [0.29, 0.717) is 53.6 Å². The third-order valence-electron chi connectivity index (χ3n) is 8.10. The number of quaternary nitrogens is 1. The van der Waals surface area contributed by atoms with Crippen LogP contribution in [0.15, 0.2) is 58.5 Å². The van der Waals surface area contributed by atoms with E-state index in [-0.39, 0.29) is 29.0 Å². The fraction of sp³-hybridized carbons (Fsp3) is 0.367. The van der Waals surface area contributed by atoms with Crippen molar-refractivity contribution in [2.24, 2.45) is 0 Å². The summed E-state index contributed by atoms with van der Waals surface area (Å²) in [6.45, 7) is 2.87. The number of allylic oxidation sites excluding steroid dienone is 1. The van der Waals surface area contributed by atoms with Crippen LogP contribution in [0.2, 0.25) is 0 Å². The number of nitrogens with zero attached hydrogens (tertiary/aromatic N) is 5. The number of fused-ring (bicyclic) bond motifs is 1. The van der Waals surface area contributed by atoms with Gasteiger partial charge >= 0.3 is 17.8 Å². The quantitative estimate of drug-likeness (QED) is 0.245. The number of H-pyrrole nitrogens is 1. The van der Waals surface area contributed by atoms with Gasteiger partial charge in [0.25, 0.3) is 0 Å². The minimum absolute atomic E-state index is 0.00808. The number of ether oxygens (including phenoxy) is 1. The van der Waals surface area contributed by atoms with Crippen LogP contribution in [0, 0.1) is 11.3 Å². The highest BCUT2D eigenvalue weighted by Gasteiger charge is 2.42. The van der Waals surface area contributed by atoms with Crippen molar-refractivity contribution in [2.45, 2.75) is 44.6 Å². The third-order valence-corrected chi connectivity index (χ3v) is 8.10. The molecule has 0 saturated carbocycles. The normalized spacial score (nSPS) is 21.2. The number of nitriles is 1. The Hall–Kier alpha value is -4.94. The van der Waals surface area contributed by atoms with Crippen molar-refractivity contribution in [3.05, 3.63) is 86.5 Å². The second-order valence-corrected chi connectivity index (χ2v) is 11.1. The number of carbonyl (C=O) groups is 2. The number of alkyl halides is 3. The van der Waals surface area contributed by atoms with E-state index in [0.717, 1.165) is 12.1 Å². The standard InChI is InChI=1S/C29H29F3N6O4.CH2O2/c1-17-24(26(40)42-3)25(23-8-7-18(15-33)13-19(23)16-38(2)11-9-22(39)10-12-38)37-27(34-35-28(37)41)36(17)21-6-4-5-20(14-21)29(30,31)32;2-1-3/h4-8,13-14,22,25,39H,9-12,16H2,1-3H3;1H,(H,2,3). The van der Waals surface area contributed by atoms with Crippen LogP contribution in [0.1, 0.15) is 48.1 Å². The molecule has 0 spiro atoms. The van der Waals surface area contributed by atoms with E-state index in [1.54, 1.807) is 25.1 Å². The Balaban J connectivity index is 0.00000148. The first-order chi connectivity index (χ1) is 21.3. The Morgan fingerprint density at radius 2 is 1.93 bits per heavy atom. The van der Waals surface area contributed by atoms with Gasteiger partial charge in [0.15, 0.2) is 0 Å². The number of halogens is 3. The molecule has 15 heteroatoms. The van der Waals surface area contributed by atoms with Crippen LogP contribution in [-0.2, 0) is 27.0 Å². The summed E-state index contributed by atoms with van der Waals surface area (Å²) in [6, 6.07) is 10.6. The van der Waals surface area contributed by atoms with Gasteiger partial charge in [-0.1, -0.05) is 12.1 Å². The van der Waals surface area contributed by atoms with Crippen molar-refractivity contribution in [3.8, 4) is 6.07 Å². The number of piperidine rings is 1. The second-order valence-electron chi connectivity index (χ2n) is 11.1. The predicted molar refractivity (Wildman–Crippen MR) is 151 cm³/mol. The fourth-order valence-electron chi connectivity index (χ4n) is 5.90. The van der Waals surface area contributed by atoms with Crippen molar-refractivity contribution in [1.82, 2.24) is 14.8 Å². The van der Waals surface area contributed by atoms with Crippen LogP contribution < -0.4 is 15.7 Å². The number of carboxylic acid groups (broad SMARTS) is 1. The monoisotopic (exact) mass is 628 g/mol. The van der Waals surface area contributed by atoms with E-state index in [4.69, 9.17) is 14.6 Å². The lowest BCUT2D eigenvalue weighted by molar-refractivity contribution is -0.928. The highest BCUT2D eigenvalue weighted by atomic mass is 19.4. The zero-order chi connectivity index (χ0) is 33.1. The fourth-order valence-corrected chi connectivity index (χ4v) is 5.90. The van der Waals surface area contributed by atoms with E-state index >= 15 is 0 Å². The van der Waals surface area contributed by atoms with Crippen LogP contribution in [0.25, 0.3) is 0 Å². The van der Waals surface area contributed by atoms with Crippen molar-refractivity contribution >= 4 is 24.1 Å². The van der Waals surface area contributed by atoms with Crippen molar-refractivity contribution in [3.63, 3.8) is 0 Å². The van der Waals surface area contributed by atoms with Crippen molar-refractivity contribution < 1.29 is 42.2 Å². The number of anilines is 2. The minimum atomic E-state index is -4.62. The summed E-state index contributed by atoms with van der Waals surface area (Å²) in [6.07, 6.45) is -3.79. The molecule has 238 valence electrons. The number of likely N-dealkylation sites (tertiary alicyclic amines) is 1. The molecule has 45 heavy (non-hydrogen) atoms. The number of nitrogens with one attached hydrogen (secondary N) is 1. The predicted octanol–water partition coefficient (Wildman–Crippen LogP) is 2.12. The molecule has 3 heterocycles. The van der Waals surface area contributed by atoms with E-state index in [1.165, 1.54) is 28.7 Å². The molecule has 2 N–H and O–H groups in total. The lowest BCUT2D eigenvalue weighted by atomic mass is 9.89. The zero-order valence-corrected chi connectivity index (χ0v) is 24.7. The maximum Gasteiger partial charge on any atom is 0.416 e. The topological polar surface area (TPSA) is 164 Å². The summed E-state index contributed by atoms with van der Waals surface area (Å²) < 4.78 is 47.7. The highest BCUT2D eigenvalue weighted by Crippen LogP contribution is 2.44. The smallest absolute Gasteiger partial charge is 0.416 e. The molecule has 5 rings (SSSR count). The molecular formula is C30H31F3N6O6. The molecule has 0 amide bonds. The van der Waals surface area contributed by atoms with Gasteiger partial charge < -0.3 is 24.2 Å². The number of carbonyl (C=O) groups excluding carboxylic acids is 2. The molecular weight excluding hydrogens is 597 g/mol. The molecule has 1 unspecified atom stereocenters. The van der Waals surface area contributed by atoms with Gasteiger partial charge in [0, 0.05) is 36.3 Å². The summed E-state index contributed by atoms with van der Waals surface area (Å²) in [7, 11) is 3.23. The van der Waals surface area contributed by atoms with Crippen molar-refractivity contribution in [1.29, 1.82) is 5.26 Å². The summed E-state index contributed by atoms with van der Waals surface area (Å²) in [5, 5.41) is 34.5. The van der Waals surface area contributed by atoms with Crippen LogP contribution in [0.4, 0.5) is 24.8 Å². The lowest BCUT2D eigenvalue weighted by Crippen LogP contribution is -2.50. The molecule has 1 saturated heterocycles.